The molecule has 1 N–H and O–H groups in total. The molecule has 0 saturated heterocycles. The van der Waals surface area contributed by atoms with Crippen LogP contribution in [0.5, 0.6) is 0 Å². The predicted octanol–water partition coefficient (Wildman–Crippen LogP) is 3.76. The Labute approximate surface area is 154 Å². The molecule has 0 radical (unpaired) electrons. The van der Waals surface area contributed by atoms with Crippen LogP contribution in [0.2, 0.25) is 0 Å². The first-order chi connectivity index (χ1) is 12.1. The number of hydrogen-bond donors (Lipinski definition) is 1. The summed E-state index contributed by atoms with van der Waals surface area (Å²) in [4.78, 5) is 17.1. The molecule has 126 valence electrons. The van der Waals surface area contributed by atoms with E-state index in [9.17, 15) is 4.79 Å². The van der Waals surface area contributed by atoms with Crippen LogP contribution in [-0.2, 0) is 5.54 Å². The zero-order valence-electron chi connectivity index (χ0n) is 13.7. The third-order valence-electron chi connectivity index (χ3n) is 4.62. The lowest BCUT2D eigenvalue weighted by atomic mass is 10.0. The van der Waals surface area contributed by atoms with Crippen molar-refractivity contribution in [1.29, 1.82) is 0 Å². The Morgan fingerprint density at radius 2 is 1.96 bits per heavy atom. The molecular formula is C19H17BrN4O. The Morgan fingerprint density at radius 3 is 2.60 bits per heavy atom. The van der Waals surface area contributed by atoms with Crippen molar-refractivity contribution in [2.45, 2.75) is 25.3 Å². The number of nitrogens with one attached hydrogen (secondary N) is 1. The van der Waals surface area contributed by atoms with Crippen molar-refractivity contribution in [3.63, 3.8) is 0 Å². The van der Waals surface area contributed by atoms with Crippen molar-refractivity contribution in [3.8, 4) is 5.82 Å². The maximum atomic E-state index is 12.8. The van der Waals surface area contributed by atoms with Gasteiger partial charge in [-0.25, -0.2) is 9.67 Å². The number of benzene rings is 1. The van der Waals surface area contributed by atoms with Crippen LogP contribution in [0.1, 0.15) is 34.5 Å². The highest BCUT2D eigenvalue weighted by Crippen LogP contribution is 2.46. The lowest BCUT2D eigenvalue weighted by molar-refractivity contribution is 0.0930. The third kappa shape index (κ3) is 2.98. The third-order valence-corrected chi connectivity index (χ3v) is 5.15. The van der Waals surface area contributed by atoms with Crippen molar-refractivity contribution in [3.05, 3.63) is 76.2 Å². The van der Waals surface area contributed by atoms with Crippen LogP contribution in [-0.4, -0.2) is 20.7 Å². The van der Waals surface area contributed by atoms with Gasteiger partial charge in [0.2, 0.25) is 0 Å². The molecule has 2 aromatic heterocycles. The topological polar surface area (TPSA) is 59.8 Å². The summed E-state index contributed by atoms with van der Waals surface area (Å²) in [6, 6.07) is 13.7. The van der Waals surface area contributed by atoms with Crippen LogP contribution in [0.4, 0.5) is 0 Å². The van der Waals surface area contributed by atoms with Gasteiger partial charge in [0.25, 0.3) is 5.91 Å². The molecule has 3 aromatic rings. The van der Waals surface area contributed by atoms with E-state index in [1.54, 1.807) is 17.1 Å². The van der Waals surface area contributed by atoms with E-state index in [-0.39, 0.29) is 11.4 Å². The van der Waals surface area contributed by atoms with Crippen LogP contribution in [0.25, 0.3) is 5.82 Å². The Bertz CT molecular complexity index is 914. The molecule has 1 fully saturated rings. The van der Waals surface area contributed by atoms with Gasteiger partial charge in [0.1, 0.15) is 0 Å². The lowest BCUT2D eigenvalue weighted by Gasteiger charge is -2.18. The van der Waals surface area contributed by atoms with Gasteiger partial charge >= 0.3 is 0 Å². The van der Waals surface area contributed by atoms with Gasteiger partial charge in [-0.1, -0.05) is 34.1 Å². The summed E-state index contributed by atoms with van der Waals surface area (Å²) in [7, 11) is 0. The molecule has 1 aromatic carbocycles. The van der Waals surface area contributed by atoms with E-state index in [1.165, 1.54) is 0 Å². The first-order valence-corrected chi connectivity index (χ1v) is 8.93. The summed E-state index contributed by atoms with van der Waals surface area (Å²) in [5.74, 6) is 0.605. The molecule has 6 heteroatoms. The Balaban J connectivity index is 1.58. The van der Waals surface area contributed by atoms with Crippen LogP contribution in [0.3, 0.4) is 0 Å². The maximum Gasteiger partial charge on any atom is 0.255 e. The van der Waals surface area contributed by atoms with Crippen molar-refractivity contribution in [1.82, 2.24) is 20.1 Å². The number of nitrogens with zero attached hydrogens (tertiary/aromatic N) is 3. The maximum absolute atomic E-state index is 12.8. The first kappa shape index (κ1) is 16.0. The van der Waals surface area contributed by atoms with Gasteiger partial charge in [-0.15, -0.1) is 0 Å². The van der Waals surface area contributed by atoms with Gasteiger partial charge in [-0.3, -0.25) is 4.79 Å². The number of amides is 1. The van der Waals surface area contributed by atoms with E-state index >= 15 is 0 Å². The SMILES string of the molecule is Cc1c(C(=O)NC2(c3ccc(Br)cc3)CC2)cnn1-c1ccccn1. The molecule has 5 nitrogen and oxygen atoms in total. The monoisotopic (exact) mass is 396 g/mol. The molecule has 0 unspecified atom stereocenters. The highest BCUT2D eigenvalue weighted by molar-refractivity contribution is 9.10. The molecular weight excluding hydrogens is 380 g/mol. The summed E-state index contributed by atoms with van der Waals surface area (Å²) in [6.07, 6.45) is 5.22. The number of carbonyl (C=O) groups is 1. The van der Waals surface area contributed by atoms with Gasteiger partial charge in [-0.05, 0) is 49.6 Å². The van der Waals surface area contributed by atoms with E-state index in [0.29, 0.717) is 11.4 Å². The van der Waals surface area contributed by atoms with Crippen molar-refractivity contribution >= 4 is 21.8 Å². The smallest absolute Gasteiger partial charge is 0.255 e. The Hall–Kier alpha value is -2.47. The van der Waals surface area contributed by atoms with Crippen LogP contribution < -0.4 is 5.32 Å². The molecule has 0 aliphatic heterocycles. The second-order valence-electron chi connectivity index (χ2n) is 6.29. The minimum absolute atomic E-state index is 0.0971. The standard InChI is InChI=1S/C19H17BrN4O/c1-13-16(12-22-24(13)17-4-2-3-11-21-17)18(25)23-19(9-10-19)14-5-7-15(20)8-6-14/h2-8,11-12H,9-10H2,1H3,(H,23,25). The number of carbonyl (C=O) groups excluding carboxylic acids is 1. The predicted molar refractivity (Wildman–Crippen MR) is 98.6 cm³/mol. The minimum Gasteiger partial charge on any atom is -0.342 e. The van der Waals surface area contributed by atoms with Gasteiger partial charge in [-0.2, -0.15) is 5.10 Å². The molecule has 1 aliphatic carbocycles. The summed E-state index contributed by atoms with van der Waals surface area (Å²) < 4.78 is 2.72. The number of aromatic nitrogens is 3. The Morgan fingerprint density at radius 1 is 1.20 bits per heavy atom. The van der Waals surface area contributed by atoms with E-state index in [1.807, 2.05) is 37.3 Å². The van der Waals surface area contributed by atoms with E-state index in [2.05, 4.69) is 43.5 Å². The fourth-order valence-corrected chi connectivity index (χ4v) is 3.27. The van der Waals surface area contributed by atoms with Gasteiger partial charge in [0.05, 0.1) is 23.0 Å². The molecule has 1 aliphatic rings. The second-order valence-corrected chi connectivity index (χ2v) is 7.20. The van der Waals surface area contributed by atoms with Crippen LogP contribution in [0, 0.1) is 6.92 Å². The Kier molecular flexibility index (Phi) is 3.92. The van der Waals surface area contributed by atoms with E-state index in [4.69, 9.17) is 0 Å². The number of halogens is 1. The highest BCUT2D eigenvalue weighted by atomic mass is 79.9. The molecule has 1 saturated carbocycles. The first-order valence-electron chi connectivity index (χ1n) is 8.14. The van der Waals surface area contributed by atoms with Crippen LogP contribution in [0.15, 0.2) is 59.3 Å². The molecule has 0 bridgehead atoms. The normalized spacial score (nSPS) is 15.0. The number of hydrogen-bond acceptors (Lipinski definition) is 3. The number of pyridine rings is 1. The van der Waals surface area contributed by atoms with Gasteiger partial charge in [0.15, 0.2) is 5.82 Å². The number of rotatable bonds is 4. The highest BCUT2D eigenvalue weighted by Gasteiger charge is 2.46. The van der Waals surface area contributed by atoms with Gasteiger partial charge < -0.3 is 5.32 Å². The molecule has 0 spiro atoms. The second kappa shape index (κ2) is 6.11. The summed E-state index contributed by atoms with van der Waals surface area (Å²) in [5, 5.41) is 7.53. The van der Waals surface area contributed by atoms with Gasteiger partial charge in [0, 0.05) is 10.7 Å². The summed E-state index contributed by atoms with van der Waals surface area (Å²) in [6.45, 7) is 1.88. The molecule has 4 rings (SSSR count). The fourth-order valence-electron chi connectivity index (χ4n) is 3.01. The van der Waals surface area contributed by atoms with E-state index in [0.717, 1.165) is 28.6 Å². The lowest BCUT2D eigenvalue weighted by Crippen LogP contribution is -2.35. The molecule has 1 amide bonds. The average Bonchev–Trinajstić information content (AvgIpc) is 3.30. The van der Waals surface area contributed by atoms with Crippen molar-refractivity contribution in [2.75, 3.05) is 0 Å². The average molecular weight is 397 g/mol. The summed E-state index contributed by atoms with van der Waals surface area (Å²) in [5.41, 5.74) is 2.24. The zero-order valence-corrected chi connectivity index (χ0v) is 15.3. The van der Waals surface area contributed by atoms with Crippen LogP contribution >= 0.6 is 15.9 Å². The fraction of sp³-hybridized carbons (Fsp3) is 0.211. The van der Waals surface area contributed by atoms with Crippen molar-refractivity contribution in [2.24, 2.45) is 0 Å². The molecule has 25 heavy (non-hydrogen) atoms. The largest absolute Gasteiger partial charge is 0.342 e. The van der Waals surface area contributed by atoms with Crippen molar-refractivity contribution < 1.29 is 4.79 Å². The van der Waals surface area contributed by atoms with E-state index < -0.39 is 0 Å². The molecule has 2 heterocycles. The quantitative estimate of drug-likeness (QED) is 0.730. The zero-order chi connectivity index (χ0) is 17.4. The molecule has 0 atom stereocenters. The minimum atomic E-state index is -0.253. The summed E-state index contributed by atoms with van der Waals surface area (Å²) >= 11 is 3.45.